The number of benzene rings is 1. The Morgan fingerprint density at radius 2 is 1.95 bits per heavy atom. The van der Waals surface area contributed by atoms with Gasteiger partial charge in [-0.1, -0.05) is 39.8 Å². The lowest BCUT2D eigenvalue weighted by atomic mass is 9.81. The molecule has 0 spiro atoms. The van der Waals surface area contributed by atoms with Crippen LogP contribution in [0.1, 0.15) is 27.7 Å². The number of aliphatic hydroxyl groups is 1. The van der Waals surface area contributed by atoms with E-state index in [0.717, 1.165) is 6.54 Å². The monoisotopic (exact) mass is 283 g/mol. The topological polar surface area (TPSA) is 41.5 Å². The number of halogens is 1. The van der Waals surface area contributed by atoms with E-state index in [-0.39, 0.29) is 17.8 Å². The third-order valence-corrected chi connectivity index (χ3v) is 3.79. The highest BCUT2D eigenvalue weighted by atomic mass is 19.1. The van der Waals surface area contributed by atoms with Crippen LogP contribution in [0, 0.1) is 17.2 Å². The fourth-order valence-corrected chi connectivity index (χ4v) is 1.57. The molecule has 0 aliphatic carbocycles. The molecule has 2 N–H and O–H groups in total. The van der Waals surface area contributed by atoms with Gasteiger partial charge in [-0.15, -0.1) is 0 Å². The smallest absolute Gasteiger partial charge is 0.165 e. The van der Waals surface area contributed by atoms with Crippen molar-refractivity contribution < 1.29 is 14.2 Å². The van der Waals surface area contributed by atoms with Crippen molar-refractivity contribution in [1.82, 2.24) is 5.32 Å². The maximum Gasteiger partial charge on any atom is 0.165 e. The summed E-state index contributed by atoms with van der Waals surface area (Å²) in [4.78, 5) is 0. The molecular formula is C16H26FNO2. The lowest BCUT2D eigenvalue weighted by Crippen LogP contribution is -2.39. The predicted molar refractivity (Wildman–Crippen MR) is 79.4 cm³/mol. The van der Waals surface area contributed by atoms with Gasteiger partial charge in [0.25, 0.3) is 0 Å². The molecular weight excluding hydrogens is 257 g/mol. The third kappa shape index (κ3) is 5.47. The average molecular weight is 283 g/mol. The summed E-state index contributed by atoms with van der Waals surface area (Å²) >= 11 is 0. The van der Waals surface area contributed by atoms with Crippen LogP contribution >= 0.6 is 0 Å². The molecule has 4 heteroatoms. The second-order valence-electron chi connectivity index (χ2n) is 6.17. The Kier molecular flexibility index (Phi) is 6.43. The molecule has 20 heavy (non-hydrogen) atoms. The van der Waals surface area contributed by atoms with E-state index in [1.807, 2.05) is 0 Å². The van der Waals surface area contributed by atoms with Gasteiger partial charge in [0, 0.05) is 13.1 Å². The van der Waals surface area contributed by atoms with Crippen molar-refractivity contribution in [3.63, 3.8) is 0 Å². The zero-order chi connectivity index (χ0) is 15.2. The van der Waals surface area contributed by atoms with Crippen LogP contribution in [0.5, 0.6) is 5.75 Å². The van der Waals surface area contributed by atoms with Crippen molar-refractivity contribution in [3.05, 3.63) is 30.1 Å². The Balaban J connectivity index is 2.28. The summed E-state index contributed by atoms with van der Waals surface area (Å²) in [5.41, 5.74) is 0.173. The fourth-order valence-electron chi connectivity index (χ4n) is 1.57. The van der Waals surface area contributed by atoms with E-state index >= 15 is 0 Å². The first-order valence-electron chi connectivity index (χ1n) is 7.09. The molecule has 1 rings (SSSR count). The zero-order valence-electron chi connectivity index (χ0n) is 12.8. The summed E-state index contributed by atoms with van der Waals surface area (Å²) in [5.74, 6) is 0.324. The van der Waals surface area contributed by atoms with Crippen LogP contribution in [-0.4, -0.2) is 30.9 Å². The highest BCUT2D eigenvalue weighted by Gasteiger charge is 2.22. The maximum absolute atomic E-state index is 13.3. The van der Waals surface area contributed by atoms with Gasteiger partial charge < -0.3 is 15.2 Å². The van der Waals surface area contributed by atoms with Crippen molar-refractivity contribution in [1.29, 1.82) is 0 Å². The number of hydrogen-bond donors (Lipinski definition) is 2. The minimum Gasteiger partial charge on any atom is -0.488 e. The summed E-state index contributed by atoms with van der Waals surface area (Å²) in [6, 6.07) is 6.20. The first-order valence-corrected chi connectivity index (χ1v) is 7.09. The number of para-hydroxylation sites is 1. The number of hydrogen-bond acceptors (Lipinski definition) is 3. The van der Waals surface area contributed by atoms with Crippen molar-refractivity contribution in [2.45, 2.75) is 33.8 Å². The normalized spacial score (nSPS) is 13.6. The zero-order valence-corrected chi connectivity index (χ0v) is 12.8. The Labute approximate surface area is 121 Å². The number of aliphatic hydroxyl groups excluding tert-OH is 1. The van der Waals surface area contributed by atoms with Crippen LogP contribution < -0.4 is 10.1 Å². The Hall–Kier alpha value is -1.13. The van der Waals surface area contributed by atoms with E-state index < -0.39 is 11.9 Å². The molecule has 0 fully saturated rings. The van der Waals surface area contributed by atoms with Crippen LogP contribution in [-0.2, 0) is 0 Å². The van der Waals surface area contributed by atoms with E-state index in [0.29, 0.717) is 12.5 Å². The Morgan fingerprint density at radius 3 is 2.55 bits per heavy atom. The molecule has 1 unspecified atom stereocenters. The van der Waals surface area contributed by atoms with E-state index in [1.165, 1.54) is 6.07 Å². The summed E-state index contributed by atoms with van der Waals surface area (Å²) in [6.45, 7) is 10.1. The molecule has 0 bridgehead atoms. The molecule has 114 valence electrons. The Bertz CT molecular complexity index is 407. The number of ether oxygens (including phenoxy) is 1. The standard InChI is InChI=1S/C16H26FNO2/c1-12(2)16(3,4)11-18-9-13(19)10-20-15-8-6-5-7-14(15)17/h5-8,12-13,18-19H,9-11H2,1-4H3. The predicted octanol–water partition coefficient (Wildman–Crippen LogP) is 2.84. The number of nitrogens with one attached hydrogen (secondary N) is 1. The average Bonchev–Trinajstić information content (AvgIpc) is 2.37. The van der Waals surface area contributed by atoms with Gasteiger partial charge in [0.1, 0.15) is 12.7 Å². The largest absolute Gasteiger partial charge is 0.488 e. The van der Waals surface area contributed by atoms with Crippen molar-refractivity contribution >= 4 is 0 Å². The summed E-state index contributed by atoms with van der Waals surface area (Å²) < 4.78 is 18.6. The first kappa shape index (κ1) is 16.9. The van der Waals surface area contributed by atoms with Gasteiger partial charge in [0.2, 0.25) is 0 Å². The highest BCUT2D eigenvalue weighted by molar-refractivity contribution is 5.23. The van der Waals surface area contributed by atoms with Crippen molar-refractivity contribution in [2.24, 2.45) is 11.3 Å². The molecule has 0 saturated carbocycles. The van der Waals surface area contributed by atoms with Crippen LogP contribution in [0.25, 0.3) is 0 Å². The van der Waals surface area contributed by atoms with Crippen molar-refractivity contribution in [3.8, 4) is 5.75 Å². The summed E-state index contributed by atoms with van der Waals surface area (Å²) in [6.07, 6.45) is -0.655. The second kappa shape index (κ2) is 7.60. The van der Waals surface area contributed by atoms with E-state index in [1.54, 1.807) is 18.2 Å². The minimum absolute atomic E-state index is 0.0794. The van der Waals surface area contributed by atoms with Gasteiger partial charge in [-0.2, -0.15) is 0 Å². The van der Waals surface area contributed by atoms with E-state index in [2.05, 4.69) is 33.0 Å². The van der Waals surface area contributed by atoms with Crippen molar-refractivity contribution in [2.75, 3.05) is 19.7 Å². The molecule has 0 radical (unpaired) electrons. The molecule has 1 aromatic carbocycles. The second-order valence-corrected chi connectivity index (χ2v) is 6.17. The lowest BCUT2D eigenvalue weighted by molar-refractivity contribution is 0.0991. The maximum atomic E-state index is 13.3. The van der Waals surface area contributed by atoms with Gasteiger partial charge in [0.05, 0.1) is 0 Å². The molecule has 0 heterocycles. The fraction of sp³-hybridized carbons (Fsp3) is 0.625. The minimum atomic E-state index is -0.655. The molecule has 0 aromatic heterocycles. The molecule has 0 aliphatic heterocycles. The Morgan fingerprint density at radius 1 is 1.30 bits per heavy atom. The molecule has 1 aromatic rings. The lowest BCUT2D eigenvalue weighted by Gasteiger charge is -2.30. The first-order chi connectivity index (χ1) is 9.33. The van der Waals surface area contributed by atoms with E-state index in [4.69, 9.17) is 4.74 Å². The third-order valence-electron chi connectivity index (χ3n) is 3.79. The van der Waals surface area contributed by atoms with Gasteiger partial charge in [-0.25, -0.2) is 4.39 Å². The molecule has 0 saturated heterocycles. The molecule has 0 amide bonds. The quantitative estimate of drug-likeness (QED) is 0.771. The van der Waals surface area contributed by atoms with Gasteiger partial charge in [-0.3, -0.25) is 0 Å². The SMILES string of the molecule is CC(C)C(C)(C)CNCC(O)COc1ccccc1F. The van der Waals surface area contributed by atoms with Gasteiger partial charge >= 0.3 is 0 Å². The van der Waals surface area contributed by atoms with Crippen LogP contribution in [0.15, 0.2) is 24.3 Å². The van der Waals surface area contributed by atoms with Gasteiger partial charge in [-0.05, 0) is 23.5 Å². The van der Waals surface area contributed by atoms with Crippen LogP contribution in [0.2, 0.25) is 0 Å². The summed E-state index contributed by atoms with van der Waals surface area (Å²) in [5, 5.41) is 13.1. The number of rotatable bonds is 8. The van der Waals surface area contributed by atoms with Gasteiger partial charge in [0.15, 0.2) is 11.6 Å². The van der Waals surface area contributed by atoms with E-state index in [9.17, 15) is 9.50 Å². The molecule has 1 atom stereocenters. The molecule has 3 nitrogen and oxygen atoms in total. The van der Waals surface area contributed by atoms with Crippen LogP contribution in [0.4, 0.5) is 4.39 Å². The molecule has 0 aliphatic rings. The van der Waals surface area contributed by atoms with Crippen LogP contribution in [0.3, 0.4) is 0 Å². The summed E-state index contributed by atoms with van der Waals surface area (Å²) in [7, 11) is 0. The highest BCUT2D eigenvalue weighted by Crippen LogP contribution is 2.24.